The standard InChI is InChI=1S/C11H8F2O4/c12-7-2-1-5(3-8(7)13)10-6(11(15)16)4-9(14)17-10/h1-3,6,10H,4H2,(H,15,16). The maximum absolute atomic E-state index is 13.0. The van der Waals surface area contributed by atoms with Crippen LogP contribution in [0.25, 0.3) is 0 Å². The minimum Gasteiger partial charge on any atom is -0.481 e. The minimum absolute atomic E-state index is 0.141. The summed E-state index contributed by atoms with van der Waals surface area (Å²) >= 11 is 0. The normalized spacial score (nSPS) is 23.5. The van der Waals surface area contributed by atoms with Crippen molar-refractivity contribution in [2.24, 2.45) is 5.92 Å². The topological polar surface area (TPSA) is 63.6 Å². The molecule has 1 aromatic carbocycles. The monoisotopic (exact) mass is 242 g/mol. The van der Waals surface area contributed by atoms with Gasteiger partial charge in [0.25, 0.3) is 0 Å². The van der Waals surface area contributed by atoms with E-state index >= 15 is 0 Å². The molecule has 1 saturated heterocycles. The number of rotatable bonds is 2. The van der Waals surface area contributed by atoms with Crippen LogP contribution in [0.15, 0.2) is 18.2 Å². The largest absolute Gasteiger partial charge is 0.481 e. The average Bonchev–Trinajstić information content (AvgIpc) is 2.64. The van der Waals surface area contributed by atoms with Crippen LogP contribution in [-0.4, -0.2) is 17.0 Å². The van der Waals surface area contributed by atoms with Gasteiger partial charge in [0.1, 0.15) is 12.0 Å². The Balaban J connectivity index is 2.34. The van der Waals surface area contributed by atoms with Crippen molar-refractivity contribution in [3.05, 3.63) is 35.4 Å². The van der Waals surface area contributed by atoms with Crippen LogP contribution < -0.4 is 0 Å². The number of carboxylic acid groups (broad SMARTS) is 1. The van der Waals surface area contributed by atoms with Gasteiger partial charge in [0, 0.05) is 0 Å². The summed E-state index contributed by atoms with van der Waals surface area (Å²) in [5, 5.41) is 8.89. The molecule has 0 radical (unpaired) electrons. The third-order valence-corrected chi connectivity index (χ3v) is 2.60. The van der Waals surface area contributed by atoms with Crippen LogP contribution in [0.2, 0.25) is 0 Å². The first kappa shape index (κ1) is 11.5. The first-order chi connectivity index (χ1) is 7.99. The Morgan fingerprint density at radius 3 is 2.65 bits per heavy atom. The van der Waals surface area contributed by atoms with Crippen LogP contribution in [-0.2, 0) is 14.3 Å². The molecule has 0 saturated carbocycles. The van der Waals surface area contributed by atoms with Crippen molar-refractivity contribution in [3.8, 4) is 0 Å². The highest BCUT2D eigenvalue weighted by Gasteiger charge is 2.41. The number of aliphatic carboxylic acids is 1. The van der Waals surface area contributed by atoms with E-state index in [1.165, 1.54) is 6.07 Å². The second-order valence-electron chi connectivity index (χ2n) is 3.73. The van der Waals surface area contributed by atoms with Crippen molar-refractivity contribution in [2.75, 3.05) is 0 Å². The summed E-state index contributed by atoms with van der Waals surface area (Å²) in [6, 6.07) is 2.92. The van der Waals surface area contributed by atoms with Crippen LogP contribution in [0.4, 0.5) is 8.78 Å². The maximum atomic E-state index is 13.0. The number of benzene rings is 1. The molecule has 2 rings (SSSR count). The lowest BCUT2D eigenvalue weighted by atomic mass is 9.95. The summed E-state index contributed by atoms with van der Waals surface area (Å²) < 4.78 is 30.5. The Labute approximate surface area is 94.8 Å². The molecule has 1 aromatic rings. The number of carbonyl (C=O) groups excluding carboxylic acids is 1. The van der Waals surface area contributed by atoms with E-state index in [0.29, 0.717) is 0 Å². The molecule has 1 N–H and O–H groups in total. The van der Waals surface area contributed by atoms with Crippen LogP contribution in [0, 0.1) is 17.6 Å². The zero-order chi connectivity index (χ0) is 12.6. The van der Waals surface area contributed by atoms with E-state index in [-0.39, 0.29) is 12.0 Å². The molecule has 6 heteroatoms. The van der Waals surface area contributed by atoms with Gasteiger partial charge in [0.05, 0.1) is 6.42 Å². The van der Waals surface area contributed by atoms with Crippen LogP contribution in [0.5, 0.6) is 0 Å². The van der Waals surface area contributed by atoms with Gasteiger partial charge in [-0.3, -0.25) is 9.59 Å². The highest BCUT2D eigenvalue weighted by molar-refractivity contribution is 5.82. The Morgan fingerprint density at radius 1 is 1.35 bits per heavy atom. The van der Waals surface area contributed by atoms with Gasteiger partial charge in [-0.05, 0) is 17.7 Å². The molecular weight excluding hydrogens is 234 g/mol. The molecule has 0 aliphatic carbocycles. The van der Waals surface area contributed by atoms with Gasteiger partial charge in [-0.15, -0.1) is 0 Å². The Morgan fingerprint density at radius 2 is 2.06 bits per heavy atom. The molecule has 0 amide bonds. The summed E-state index contributed by atoms with van der Waals surface area (Å²) in [4.78, 5) is 21.9. The van der Waals surface area contributed by atoms with Gasteiger partial charge in [-0.2, -0.15) is 0 Å². The molecule has 0 bridgehead atoms. The molecule has 1 fully saturated rings. The van der Waals surface area contributed by atoms with E-state index in [9.17, 15) is 18.4 Å². The van der Waals surface area contributed by atoms with Crippen LogP contribution in [0.3, 0.4) is 0 Å². The molecule has 0 aromatic heterocycles. The predicted molar refractivity (Wildman–Crippen MR) is 50.9 cm³/mol. The summed E-state index contributed by atoms with van der Waals surface area (Å²) in [5.41, 5.74) is 0.141. The van der Waals surface area contributed by atoms with E-state index in [0.717, 1.165) is 12.1 Å². The third kappa shape index (κ3) is 2.11. The van der Waals surface area contributed by atoms with Gasteiger partial charge in [-0.25, -0.2) is 8.78 Å². The quantitative estimate of drug-likeness (QED) is 0.801. The Hall–Kier alpha value is -1.98. The molecule has 4 nitrogen and oxygen atoms in total. The van der Waals surface area contributed by atoms with Crippen molar-refractivity contribution in [1.82, 2.24) is 0 Å². The van der Waals surface area contributed by atoms with E-state index in [2.05, 4.69) is 0 Å². The minimum atomic E-state index is -1.20. The van der Waals surface area contributed by atoms with E-state index in [4.69, 9.17) is 9.84 Å². The molecule has 1 aliphatic rings. The summed E-state index contributed by atoms with van der Waals surface area (Å²) in [7, 11) is 0. The van der Waals surface area contributed by atoms with Gasteiger partial charge in [-0.1, -0.05) is 6.07 Å². The van der Waals surface area contributed by atoms with Crippen LogP contribution in [0.1, 0.15) is 18.1 Å². The summed E-state index contributed by atoms with van der Waals surface area (Å²) in [6.45, 7) is 0. The second-order valence-corrected chi connectivity index (χ2v) is 3.73. The number of carboxylic acids is 1. The van der Waals surface area contributed by atoms with Gasteiger partial charge in [0.2, 0.25) is 0 Å². The zero-order valence-corrected chi connectivity index (χ0v) is 8.52. The SMILES string of the molecule is O=C1CC(C(=O)O)C(c2ccc(F)c(F)c2)O1. The molecule has 0 spiro atoms. The third-order valence-electron chi connectivity index (χ3n) is 2.60. The van der Waals surface area contributed by atoms with E-state index in [1.807, 2.05) is 0 Å². The fourth-order valence-electron chi connectivity index (χ4n) is 1.76. The lowest BCUT2D eigenvalue weighted by Crippen LogP contribution is -2.17. The van der Waals surface area contributed by atoms with Crippen molar-refractivity contribution in [3.63, 3.8) is 0 Å². The number of halogens is 2. The summed E-state index contributed by atoms with van der Waals surface area (Å²) in [5.74, 6) is -5.07. The summed E-state index contributed by atoms with van der Waals surface area (Å²) in [6.07, 6.45) is -1.32. The number of hydrogen-bond donors (Lipinski definition) is 1. The van der Waals surface area contributed by atoms with Gasteiger partial charge < -0.3 is 9.84 Å². The molecule has 2 atom stereocenters. The van der Waals surface area contributed by atoms with E-state index < -0.39 is 35.6 Å². The first-order valence-electron chi connectivity index (χ1n) is 4.86. The lowest BCUT2D eigenvalue weighted by molar-refractivity contribution is -0.144. The fraction of sp³-hybridized carbons (Fsp3) is 0.273. The number of cyclic esters (lactones) is 1. The predicted octanol–water partition coefficient (Wildman–Crippen LogP) is 1.65. The molecule has 90 valence electrons. The van der Waals surface area contributed by atoms with Crippen molar-refractivity contribution in [2.45, 2.75) is 12.5 Å². The highest BCUT2D eigenvalue weighted by atomic mass is 19.2. The Kier molecular flexibility index (Phi) is 2.79. The van der Waals surface area contributed by atoms with Crippen molar-refractivity contribution in [1.29, 1.82) is 0 Å². The zero-order valence-electron chi connectivity index (χ0n) is 8.52. The van der Waals surface area contributed by atoms with Gasteiger partial charge in [0.15, 0.2) is 11.6 Å². The van der Waals surface area contributed by atoms with Crippen LogP contribution >= 0.6 is 0 Å². The lowest BCUT2D eigenvalue weighted by Gasteiger charge is -2.14. The number of esters is 1. The number of ether oxygens (including phenoxy) is 1. The van der Waals surface area contributed by atoms with Crippen molar-refractivity contribution >= 4 is 11.9 Å². The second kappa shape index (κ2) is 4.12. The smallest absolute Gasteiger partial charge is 0.311 e. The van der Waals surface area contributed by atoms with Crippen molar-refractivity contribution < 1.29 is 28.2 Å². The number of carbonyl (C=O) groups is 2. The number of hydrogen-bond acceptors (Lipinski definition) is 3. The molecule has 1 aliphatic heterocycles. The fourth-order valence-corrected chi connectivity index (χ4v) is 1.76. The highest BCUT2D eigenvalue weighted by Crippen LogP contribution is 2.35. The molecule has 17 heavy (non-hydrogen) atoms. The molecule has 1 heterocycles. The van der Waals surface area contributed by atoms with E-state index in [1.54, 1.807) is 0 Å². The first-order valence-corrected chi connectivity index (χ1v) is 4.86. The Bertz CT molecular complexity index is 486. The maximum Gasteiger partial charge on any atom is 0.311 e. The molecule has 2 unspecified atom stereocenters. The van der Waals surface area contributed by atoms with Gasteiger partial charge >= 0.3 is 11.9 Å². The molecular formula is C11H8F2O4. The average molecular weight is 242 g/mol.